The summed E-state index contributed by atoms with van der Waals surface area (Å²) in [6.45, 7) is 7.22. The van der Waals surface area contributed by atoms with Gasteiger partial charge in [-0.05, 0) is 48.3 Å². The van der Waals surface area contributed by atoms with Crippen LogP contribution < -0.4 is 0 Å². The molecule has 0 unspecified atom stereocenters. The van der Waals surface area contributed by atoms with Crippen LogP contribution in [-0.2, 0) is 6.54 Å². The summed E-state index contributed by atoms with van der Waals surface area (Å²) in [7, 11) is 0. The molecule has 118 valence electrons. The van der Waals surface area contributed by atoms with Crippen LogP contribution in [0, 0.1) is 17.8 Å². The molecule has 3 heteroatoms. The largest absolute Gasteiger partial charge is 0.300 e. The monoisotopic (exact) mass is 316 g/mol. The van der Waals surface area contributed by atoms with Crippen molar-refractivity contribution in [3.05, 3.63) is 47.0 Å². The smallest absolute Gasteiger partial charge is 0.0406 e. The molecule has 2 aliphatic carbocycles. The van der Waals surface area contributed by atoms with Crippen molar-refractivity contribution in [1.29, 1.82) is 0 Å². The summed E-state index contributed by atoms with van der Waals surface area (Å²) in [5, 5.41) is 0.827. The normalized spacial score (nSPS) is 32.0. The van der Waals surface area contributed by atoms with E-state index >= 15 is 0 Å². The number of fused-ring (bicyclic) bond motifs is 2. The fraction of sp³-hybridized carbons (Fsp3) is 0.579. The van der Waals surface area contributed by atoms with Gasteiger partial charge in [-0.2, -0.15) is 0 Å². The van der Waals surface area contributed by atoms with Gasteiger partial charge in [-0.3, -0.25) is 4.90 Å². The highest BCUT2D eigenvalue weighted by atomic mass is 35.5. The van der Waals surface area contributed by atoms with E-state index in [-0.39, 0.29) is 0 Å². The molecule has 0 spiro atoms. The Bertz CT molecular complexity index is 531. The second-order valence-corrected chi connectivity index (χ2v) is 7.68. The maximum absolute atomic E-state index is 5.96. The quantitative estimate of drug-likeness (QED) is 0.782. The highest BCUT2D eigenvalue weighted by Gasteiger charge is 2.36. The zero-order valence-corrected chi connectivity index (χ0v) is 13.9. The van der Waals surface area contributed by atoms with Crippen molar-refractivity contribution in [3.63, 3.8) is 0 Å². The minimum absolute atomic E-state index is 0.827. The lowest BCUT2D eigenvalue weighted by molar-refractivity contribution is 0.108. The maximum Gasteiger partial charge on any atom is 0.0406 e. The summed E-state index contributed by atoms with van der Waals surface area (Å²) < 4.78 is 0. The number of piperazine rings is 1. The Morgan fingerprint density at radius 2 is 1.64 bits per heavy atom. The van der Waals surface area contributed by atoms with Gasteiger partial charge in [0.15, 0.2) is 0 Å². The second-order valence-electron chi connectivity index (χ2n) is 7.24. The van der Waals surface area contributed by atoms with Gasteiger partial charge < -0.3 is 4.90 Å². The van der Waals surface area contributed by atoms with Gasteiger partial charge in [-0.15, -0.1) is 0 Å². The molecule has 4 rings (SSSR count). The molecule has 1 aromatic carbocycles. The maximum atomic E-state index is 5.96. The Morgan fingerprint density at radius 3 is 2.27 bits per heavy atom. The van der Waals surface area contributed by atoms with Crippen molar-refractivity contribution in [2.75, 3.05) is 32.7 Å². The van der Waals surface area contributed by atoms with E-state index in [0.717, 1.165) is 29.3 Å². The average molecular weight is 317 g/mol. The van der Waals surface area contributed by atoms with Crippen molar-refractivity contribution in [2.24, 2.45) is 17.8 Å². The van der Waals surface area contributed by atoms with E-state index in [0.29, 0.717) is 0 Å². The van der Waals surface area contributed by atoms with Crippen LogP contribution in [0.3, 0.4) is 0 Å². The summed E-state index contributed by atoms with van der Waals surface area (Å²) >= 11 is 5.96. The minimum atomic E-state index is 0.827. The third-order valence-corrected chi connectivity index (χ3v) is 5.95. The third-order valence-electron chi connectivity index (χ3n) is 5.69. The SMILES string of the molecule is Clc1ccc(CN2CCN(C[C@@H]3C[C@@H]4C=C[C@H]3C4)CC2)cc1. The topological polar surface area (TPSA) is 6.48 Å². The molecule has 1 saturated carbocycles. The van der Waals surface area contributed by atoms with Gasteiger partial charge in [0.05, 0.1) is 0 Å². The minimum Gasteiger partial charge on any atom is -0.300 e. The molecule has 1 heterocycles. The highest BCUT2D eigenvalue weighted by Crippen LogP contribution is 2.43. The zero-order valence-electron chi connectivity index (χ0n) is 13.1. The molecule has 1 aliphatic heterocycles. The fourth-order valence-corrected chi connectivity index (χ4v) is 4.54. The van der Waals surface area contributed by atoms with Gasteiger partial charge in [-0.1, -0.05) is 35.9 Å². The van der Waals surface area contributed by atoms with Gasteiger partial charge in [0.1, 0.15) is 0 Å². The van der Waals surface area contributed by atoms with Crippen molar-refractivity contribution in [2.45, 2.75) is 19.4 Å². The standard InChI is InChI=1S/C19H25ClN2/c20-19-5-2-15(3-6-19)13-21-7-9-22(10-8-21)14-18-12-16-1-4-17(18)11-16/h1-6,16-18H,7-14H2/t16-,17+,18+/m1/s1. The predicted octanol–water partition coefficient (Wildman–Crippen LogP) is 3.67. The first-order valence-electron chi connectivity index (χ1n) is 8.64. The molecule has 0 aromatic heterocycles. The Kier molecular flexibility index (Phi) is 4.25. The molecule has 2 bridgehead atoms. The third kappa shape index (κ3) is 3.24. The number of nitrogens with zero attached hydrogens (tertiary/aromatic N) is 2. The molecule has 0 N–H and O–H groups in total. The van der Waals surface area contributed by atoms with Crippen LogP contribution in [0.1, 0.15) is 18.4 Å². The van der Waals surface area contributed by atoms with E-state index in [1.807, 2.05) is 12.1 Å². The Balaban J connectivity index is 1.24. The van der Waals surface area contributed by atoms with Crippen LogP contribution >= 0.6 is 11.6 Å². The van der Waals surface area contributed by atoms with E-state index in [4.69, 9.17) is 11.6 Å². The van der Waals surface area contributed by atoms with Gasteiger partial charge in [0.25, 0.3) is 0 Å². The first-order valence-corrected chi connectivity index (χ1v) is 9.01. The number of halogens is 1. The fourth-order valence-electron chi connectivity index (χ4n) is 4.41. The van der Waals surface area contributed by atoms with E-state index in [1.165, 1.54) is 51.1 Å². The highest BCUT2D eigenvalue weighted by molar-refractivity contribution is 6.30. The number of rotatable bonds is 4. The van der Waals surface area contributed by atoms with Crippen LogP contribution in [0.4, 0.5) is 0 Å². The van der Waals surface area contributed by atoms with Crippen LogP contribution in [0.5, 0.6) is 0 Å². The van der Waals surface area contributed by atoms with Crippen LogP contribution in [0.15, 0.2) is 36.4 Å². The molecular weight excluding hydrogens is 292 g/mol. The van der Waals surface area contributed by atoms with Crippen LogP contribution in [0.25, 0.3) is 0 Å². The lowest BCUT2D eigenvalue weighted by Crippen LogP contribution is -2.47. The van der Waals surface area contributed by atoms with Gasteiger partial charge >= 0.3 is 0 Å². The number of hydrogen-bond acceptors (Lipinski definition) is 2. The van der Waals surface area contributed by atoms with E-state index in [1.54, 1.807) is 0 Å². The van der Waals surface area contributed by atoms with Gasteiger partial charge in [-0.25, -0.2) is 0 Å². The van der Waals surface area contributed by atoms with Crippen LogP contribution in [0.2, 0.25) is 5.02 Å². The number of benzene rings is 1. The molecule has 2 nitrogen and oxygen atoms in total. The summed E-state index contributed by atoms with van der Waals surface area (Å²) in [6, 6.07) is 8.29. The first-order chi connectivity index (χ1) is 10.8. The Hall–Kier alpha value is -0.830. The van der Waals surface area contributed by atoms with Crippen molar-refractivity contribution < 1.29 is 0 Å². The second kappa shape index (κ2) is 6.35. The summed E-state index contributed by atoms with van der Waals surface area (Å²) in [5.41, 5.74) is 1.37. The van der Waals surface area contributed by atoms with Crippen LogP contribution in [-0.4, -0.2) is 42.5 Å². The van der Waals surface area contributed by atoms with Crippen molar-refractivity contribution >= 4 is 11.6 Å². The first kappa shape index (κ1) is 14.7. The molecule has 3 atom stereocenters. The van der Waals surface area contributed by atoms with E-state index in [9.17, 15) is 0 Å². The van der Waals surface area contributed by atoms with Crippen molar-refractivity contribution in [1.82, 2.24) is 9.80 Å². The van der Waals surface area contributed by atoms with Gasteiger partial charge in [0, 0.05) is 44.3 Å². The van der Waals surface area contributed by atoms with Gasteiger partial charge in [0.2, 0.25) is 0 Å². The molecule has 0 radical (unpaired) electrons. The number of hydrogen-bond donors (Lipinski definition) is 0. The summed E-state index contributed by atoms with van der Waals surface area (Å²) in [4.78, 5) is 5.26. The van der Waals surface area contributed by atoms with E-state index in [2.05, 4.69) is 34.1 Å². The molecule has 1 aromatic rings. The summed E-state index contributed by atoms with van der Waals surface area (Å²) in [6.07, 6.45) is 7.80. The lowest BCUT2D eigenvalue weighted by atomic mass is 9.93. The Labute approximate surface area is 138 Å². The number of allylic oxidation sites excluding steroid dienone is 2. The molecule has 3 aliphatic rings. The molecule has 0 amide bonds. The average Bonchev–Trinajstić information content (AvgIpc) is 3.14. The lowest BCUT2D eigenvalue weighted by Gasteiger charge is -2.37. The molecule has 2 fully saturated rings. The molecular formula is C19H25ClN2. The summed E-state index contributed by atoms with van der Waals surface area (Å²) in [5.74, 6) is 2.72. The van der Waals surface area contributed by atoms with E-state index < -0.39 is 0 Å². The zero-order chi connectivity index (χ0) is 14.9. The molecule has 1 saturated heterocycles. The van der Waals surface area contributed by atoms with Crippen molar-refractivity contribution in [3.8, 4) is 0 Å². The Morgan fingerprint density at radius 1 is 0.909 bits per heavy atom. The predicted molar refractivity (Wildman–Crippen MR) is 92.0 cm³/mol. The molecule has 22 heavy (non-hydrogen) atoms.